The van der Waals surface area contributed by atoms with Gasteiger partial charge < -0.3 is 10.1 Å². The van der Waals surface area contributed by atoms with E-state index in [1.807, 2.05) is 13.0 Å². The molecule has 1 aromatic carbocycles. The lowest BCUT2D eigenvalue weighted by atomic mass is 9.71. The summed E-state index contributed by atoms with van der Waals surface area (Å²) in [6, 6.07) is 9.04. The molecule has 0 unspecified atom stereocenters. The van der Waals surface area contributed by atoms with Gasteiger partial charge in [0.05, 0.1) is 6.61 Å². The fourth-order valence-electron chi connectivity index (χ4n) is 4.08. The maximum Gasteiger partial charge on any atom is 0.121 e. The molecule has 20 heavy (non-hydrogen) atoms. The van der Waals surface area contributed by atoms with Crippen LogP contribution in [0.25, 0.3) is 0 Å². The van der Waals surface area contributed by atoms with E-state index in [1.165, 1.54) is 57.1 Å². The molecule has 0 heterocycles. The third kappa shape index (κ3) is 3.11. The Kier molecular flexibility index (Phi) is 4.18. The van der Waals surface area contributed by atoms with Crippen molar-refractivity contribution in [2.24, 2.45) is 5.41 Å². The molecule has 2 saturated carbocycles. The molecular weight excluding hydrogens is 246 g/mol. The number of hydrogen-bond acceptors (Lipinski definition) is 2. The van der Waals surface area contributed by atoms with E-state index in [0.717, 1.165) is 17.8 Å². The highest BCUT2D eigenvalue weighted by atomic mass is 16.5. The van der Waals surface area contributed by atoms with Crippen LogP contribution in [0.5, 0.6) is 5.75 Å². The van der Waals surface area contributed by atoms with Gasteiger partial charge >= 0.3 is 0 Å². The topological polar surface area (TPSA) is 21.3 Å². The second-order valence-corrected chi connectivity index (χ2v) is 6.59. The van der Waals surface area contributed by atoms with Gasteiger partial charge in [0.2, 0.25) is 0 Å². The molecule has 0 atom stereocenters. The van der Waals surface area contributed by atoms with E-state index in [0.29, 0.717) is 6.04 Å². The molecule has 0 radical (unpaired) electrons. The van der Waals surface area contributed by atoms with Crippen molar-refractivity contribution in [3.05, 3.63) is 24.3 Å². The maximum atomic E-state index is 5.57. The fraction of sp³-hybridized carbons (Fsp3) is 0.667. The van der Waals surface area contributed by atoms with Crippen LogP contribution in [0.15, 0.2) is 24.3 Å². The van der Waals surface area contributed by atoms with Crippen LogP contribution < -0.4 is 10.1 Å². The second kappa shape index (κ2) is 6.07. The van der Waals surface area contributed by atoms with E-state index in [9.17, 15) is 0 Å². The van der Waals surface area contributed by atoms with E-state index in [2.05, 4.69) is 23.5 Å². The first-order valence-corrected chi connectivity index (χ1v) is 8.29. The molecule has 1 N–H and O–H groups in total. The summed E-state index contributed by atoms with van der Waals surface area (Å²) in [6.45, 7) is 2.76. The molecule has 0 amide bonds. The van der Waals surface area contributed by atoms with E-state index >= 15 is 0 Å². The van der Waals surface area contributed by atoms with Crippen molar-refractivity contribution in [2.75, 3.05) is 11.9 Å². The molecule has 0 bridgehead atoms. The Hall–Kier alpha value is -1.18. The van der Waals surface area contributed by atoms with Crippen molar-refractivity contribution in [3.63, 3.8) is 0 Å². The van der Waals surface area contributed by atoms with Crippen molar-refractivity contribution in [2.45, 2.75) is 64.3 Å². The number of anilines is 1. The smallest absolute Gasteiger partial charge is 0.121 e. The van der Waals surface area contributed by atoms with Crippen molar-refractivity contribution in [1.82, 2.24) is 0 Å². The number of hydrogen-bond donors (Lipinski definition) is 1. The van der Waals surface area contributed by atoms with Gasteiger partial charge in [-0.2, -0.15) is 0 Å². The molecule has 2 aliphatic carbocycles. The Morgan fingerprint density at radius 2 is 1.90 bits per heavy atom. The molecule has 2 heteroatoms. The van der Waals surface area contributed by atoms with Crippen LogP contribution in [0, 0.1) is 5.41 Å². The molecule has 1 spiro atoms. The number of ether oxygens (including phenoxy) is 1. The summed E-state index contributed by atoms with van der Waals surface area (Å²) in [7, 11) is 0. The normalized spacial score (nSPS) is 22.1. The molecule has 1 aromatic rings. The molecule has 2 aliphatic rings. The van der Waals surface area contributed by atoms with Gasteiger partial charge in [0.15, 0.2) is 0 Å². The molecule has 0 aromatic heterocycles. The monoisotopic (exact) mass is 273 g/mol. The maximum absolute atomic E-state index is 5.57. The van der Waals surface area contributed by atoms with E-state index < -0.39 is 0 Å². The second-order valence-electron chi connectivity index (χ2n) is 6.59. The minimum Gasteiger partial charge on any atom is -0.494 e. The minimum absolute atomic E-state index is 0.651. The van der Waals surface area contributed by atoms with Crippen LogP contribution in [0.1, 0.15) is 58.3 Å². The highest BCUT2D eigenvalue weighted by Gasteiger charge is 2.37. The van der Waals surface area contributed by atoms with Gasteiger partial charge in [0, 0.05) is 17.8 Å². The average molecular weight is 273 g/mol. The van der Waals surface area contributed by atoms with Crippen LogP contribution in [-0.2, 0) is 0 Å². The van der Waals surface area contributed by atoms with E-state index in [-0.39, 0.29) is 0 Å². The largest absolute Gasteiger partial charge is 0.494 e. The zero-order valence-electron chi connectivity index (χ0n) is 12.7. The zero-order chi connectivity index (χ0) is 13.8. The predicted molar refractivity (Wildman–Crippen MR) is 84.4 cm³/mol. The van der Waals surface area contributed by atoms with Crippen LogP contribution in [0.3, 0.4) is 0 Å². The number of benzene rings is 1. The quantitative estimate of drug-likeness (QED) is 0.833. The lowest BCUT2D eigenvalue weighted by Gasteiger charge is -2.37. The van der Waals surface area contributed by atoms with Gasteiger partial charge in [-0.15, -0.1) is 0 Å². The van der Waals surface area contributed by atoms with E-state index in [1.54, 1.807) is 0 Å². The number of rotatable bonds is 4. The Labute approximate surface area is 122 Å². The zero-order valence-corrected chi connectivity index (χ0v) is 12.7. The van der Waals surface area contributed by atoms with Crippen molar-refractivity contribution in [1.29, 1.82) is 0 Å². The summed E-state index contributed by atoms with van der Waals surface area (Å²) >= 11 is 0. The van der Waals surface area contributed by atoms with Gasteiger partial charge in [0.25, 0.3) is 0 Å². The summed E-state index contributed by atoms with van der Waals surface area (Å²) in [6.07, 6.45) is 11.4. The van der Waals surface area contributed by atoms with Crippen LogP contribution in [0.4, 0.5) is 5.69 Å². The SMILES string of the molecule is CCOc1cccc(NC2CCC3(CCCC3)CC2)c1. The lowest BCUT2D eigenvalue weighted by Crippen LogP contribution is -2.31. The molecule has 3 rings (SSSR count). The third-order valence-corrected chi connectivity index (χ3v) is 5.23. The van der Waals surface area contributed by atoms with Gasteiger partial charge in [0.1, 0.15) is 5.75 Å². The van der Waals surface area contributed by atoms with Crippen LogP contribution in [-0.4, -0.2) is 12.6 Å². The van der Waals surface area contributed by atoms with Crippen LogP contribution >= 0.6 is 0 Å². The Bertz CT molecular complexity index is 427. The molecular formula is C18H27NO. The summed E-state index contributed by atoms with van der Waals surface area (Å²) < 4.78 is 5.57. The predicted octanol–water partition coefficient (Wildman–Crippen LogP) is 5.00. The highest BCUT2D eigenvalue weighted by Crippen LogP contribution is 2.49. The Morgan fingerprint density at radius 3 is 2.60 bits per heavy atom. The minimum atomic E-state index is 0.651. The number of nitrogens with one attached hydrogen (secondary N) is 1. The van der Waals surface area contributed by atoms with Gasteiger partial charge in [-0.05, 0) is 63.0 Å². The first-order valence-electron chi connectivity index (χ1n) is 8.29. The van der Waals surface area contributed by atoms with Crippen molar-refractivity contribution < 1.29 is 4.74 Å². The standard InChI is InChI=1S/C18H27NO/c1-2-20-17-7-5-6-16(14-17)19-15-8-12-18(13-9-15)10-3-4-11-18/h5-7,14-15,19H,2-4,8-13H2,1H3. The summed E-state index contributed by atoms with van der Waals surface area (Å²) in [4.78, 5) is 0. The summed E-state index contributed by atoms with van der Waals surface area (Å²) in [5.41, 5.74) is 1.94. The van der Waals surface area contributed by atoms with Crippen molar-refractivity contribution in [3.8, 4) is 5.75 Å². The molecule has 110 valence electrons. The third-order valence-electron chi connectivity index (χ3n) is 5.23. The molecule has 2 fully saturated rings. The summed E-state index contributed by atoms with van der Waals surface area (Å²) in [5, 5.41) is 3.71. The average Bonchev–Trinajstić information content (AvgIpc) is 2.91. The Balaban J connectivity index is 1.55. The van der Waals surface area contributed by atoms with E-state index in [4.69, 9.17) is 4.74 Å². The highest BCUT2D eigenvalue weighted by molar-refractivity contribution is 5.48. The molecule has 2 nitrogen and oxygen atoms in total. The van der Waals surface area contributed by atoms with Gasteiger partial charge in [-0.1, -0.05) is 18.9 Å². The first-order chi connectivity index (χ1) is 9.80. The fourth-order valence-corrected chi connectivity index (χ4v) is 4.08. The van der Waals surface area contributed by atoms with Crippen molar-refractivity contribution >= 4 is 5.69 Å². The Morgan fingerprint density at radius 1 is 1.15 bits per heavy atom. The van der Waals surface area contributed by atoms with Gasteiger partial charge in [-0.25, -0.2) is 0 Å². The lowest BCUT2D eigenvalue weighted by molar-refractivity contribution is 0.188. The van der Waals surface area contributed by atoms with Crippen LogP contribution in [0.2, 0.25) is 0 Å². The summed E-state index contributed by atoms with van der Waals surface area (Å²) in [5.74, 6) is 0.973. The molecule has 0 saturated heterocycles. The van der Waals surface area contributed by atoms with Gasteiger partial charge in [-0.3, -0.25) is 0 Å². The molecule has 0 aliphatic heterocycles. The first kappa shape index (κ1) is 13.8.